The van der Waals surface area contributed by atoms with Crippen LogP contribution in [0.4, 0.5) is 0 Å². The van der Waals surface area contributed by atoms with Gasteiger partial charge in [0.2, 0.25) is 0 Å². The Morgan fingerprint density at radius 1 is 1.38 bits per heavy atom. The average Bonchev–Trinajstić information content (AvgIpc) is 2.61. The standard InChI is InChI=1S/C13H29N3/c1-11(2)8-13(9-14)16-7-5-6-12(16)10-15(3)4/h11-13H,5-10,14H2,1-4H3. The van der Waals surface area contributed by atoms with E-state index >= 15 is 0 Å². The molecule has 0 aromatic heterocycles. The highest BCUT2D eigenvalue weighted by Gasteiger charge is 2.30. The van der Waals surface area contributed by atoms with Gasteiger partial charge in [0.25, 0.3) is 0 Å². The van der Waals surface area contributed by atoms with Gasteiger partial charge in [0, 0.05) is 25.2 Å². The second-order valence-corrected chi connectivity index (χ2v) is 5.82. The van der Waals surface area contributed by atoms with E-state index in [0.717, 1.165) is 18.5 Å². The lowest BCUT2D eigenvalue weighted by molar-refractivity contribution is 0.140. The summed E-state index contributed by atoms with van der Waals surface area (Å²) in [5.41, 5.74) is 5.94. The van der Waals surface area contributed by atoms with Gasteiger partial charge in [-0.15, -0.1) is 0 Å². The smallest absolute Gasteiger partial charge is 0.0226 e. The Bertz CT molecular complexity index is 192. The van der Waals surface area contributed by atoms with Crippen LogP contribution in [0.5, 0.6) is 0 Å². The Morgan fingerprint density at radius 2 is 2.06 bits per heavy atom. The molecule has 0 amide bonds. The first-order valence-electron chi connectivity index (χ1n) is 6.65. The molecule has 0 spiro atoms. The third kappa shape index (κ3) is 4.04. The molecule has 2 unspecified atom stereocenters. The van der Waals surface area contributed by atoms with Crippen molar-refractivity contribution < 1.29 is 0 Å². The van der Waals surface area contributed by atoms with Crippen molar-refractivity contribution in [3.05, 3.63) is 0 Å². The second-order valence-electron chi connectivity index (χ2n) is 5.82. The maximum absolute atomic E-state index is 5.94. The quantitative estimate of drug-likeness (QED) is 0.744. The number of hydrogen-bond donors (Lipinski definition) is 1. The van der Waals surface area contributed by atoms with Crippen molar-refractivity contribution in [2.75, 3.05) is 33.7 Å². The molecule has 0 aromatic rings. The first-order chi connectivity index (χ1) is 7.54. The van der Waals surface area contributed by atoms with E-state index < -0.39 is 0 Å². The fourth-order valence-electron chi connectivity index (χ4n) is 2.87. The van der Waals surface area contributed by atoms with E-state index in [2.05, 4.69) is 37.7 Å². The van der Waals surface area contributed by atoms with Gasteiger partial charge in [-0.3, -0.25) is 4.90 Å². The largest absolute Gasteiger partial charge is 0.329 e. The molecule has 0 aromatic carbocycles. The van der Waals surface area contributed by atoms with E-state index in [-0.39, 0.29) is 0 Å². The Balaban J connectivity index is 2.53. The van der Waals surface area contributed by atoms with E-state index in [0.29, 0.717) is 6.04 Å². The molecule has 1 heterocycles. The Kier molecular flexibility index (Phi) is 5.73. The summed E-state index contributed by atoms with van der Waals surface area (Å²) >= 11 is 0. The average molecular weight is 227 g/mol. The minimum absolute atomic E-state index is 0.590. The summed E-state index contributed by atoms with van der Waals surface area (Å²) < 4.78 is 0. The zero-order chi connectivity index (χ0) is 12.1. The van der Waals surface area contributed by atoms with Crippen LogP contribution in [0.1, 0.15) is 33.1 Å². The molecule has 2 N–H and O–H groups in total. The van der Waals surface area contributed by atoms with E-state index in [9.17, 15) is 0 Å². The van der Waals surface area contributed by atoms with Crippen LogP contribution in [-0.2, 0) is 0 Å². The zero-order valence-corrected chi connectivity index (χ0v) is 11.4. The Labute approximate surface area is 101 Å². The van der Waals surface area contributed by atoms with Crippen LogP contribution in [0.3, 0.4) is 0 Å². The molecule has 0 saturated carbocycles. The molecule has 1 rings (SSSR count). The van der Waals surface area contributed by atoms with Gasteiger partial charge in [0.05, 0.1) is 0 Å². The van der Waals surface area contributed by atoms with E-state index in [1.54, 1.807) is 0 Å². The van der Waals surface area contributed by atoms with Gasteiger partial charge in [-0.25, -0.2) is 0 Å². The normalized spacial score (nSPS) is 24.6. The van der Waals surface area contributed by atoms with Crippen molar-refractivity contribution in [2.45, 2.75) is 45.2 Å². The monoisotopic (exact) mass is 227 g/mol. The molecule has 1 fully saturated rings. The highest BCUT2D eigenvalue weighted by atomic mass is 15.2. The van der Waals surface area contributed by atoms with E-state index in [1.807, 2.05) is 0 Å². The molecule has 1 aliphatic rings. The maximum Gasteiger partial charge on any atom is 0.0226 e. The van der Waals surface area contributed by atoms with Crippen LogP contribution < -0.4 is 5.73 Å². The Morgan fingerprint density at radius 3 is 2.56 bits per heavy atom. The van der Waals surface area contributed by atoms with Gasteiger partial charge in [0.1, 0.15) is 0 Å². The van der Waals surface area contributed by atoms with Gasteiger partial charge < -0.3 is 10.6 Å². The summed E-state index contributed by atoms with van der Waals surface area (Å²) in [5, 5.41) is 0. The lowest BCUT2D eigenvalue weighted by Gasteiger charge is -2.34. The van der Waals surface area contributed by atoms with Crippen LogP contribution in [0.2, 0.25) is 0 Å². The summed E-state index contributed by atoms with van der Waals surface area (Å²) in [4.78, 5) is 4.95. The molecule has 96 valence electrons. The number of nitrogens with two attached hydrogens (primary N) is 1. The van der Waals surface area contributed by atoms with Crippen LogP contribution in [0.25, 0.3) is 0 Å². The van der Waals surface area contributed by atoms with Gasteiger partial charge >= 0.3 is 0 Å². The number of likely N-dealkylation sites (tertiary alicyclic amines) is 1. The summed E-state index contributed by atoms with van der Waals surface area (Å²) in [5.74, 6) is 0.745. The molecule has 1 saturated heterocycles. The second kappa shape index (κ2) is 6.58. The fraction of sp³-hybridized carbons (Fsp3) is 1.00. The first kappa shape index (κ1) is 13.9. The lowest BCUT2D eigenvalue weighted by atomic mass is 10.0. The maximum atomic E-state index is 5.94. The highest BCUT2D eigenvalue weighted by molar-refractivity contribution is 4.87. The topological polar surface area (TPSA) is 32.5 Å². The van der Waals surface area contributed by atoms with Gasteiger partial charge in [-0.2, -0.15) is 0 Å². The van der Waals surface area contributed by atoms with Crippen molar-refractivity contribution in [2.24, 2.45) is 11.7 Å². The summed E-state index contributed by atoms with van der Waals surface area (Å²) in [6, 6.07) is 1.31. The van der Waals surface area contributed by atoms with Crippen LogP contribution in [-0.4, -0.2) is 55.6 Å². The van der Waals surface area contributed by atoms with E-state index in [4.69, 9.17) is 5.73 Å². The molecule has 2 atom stereocenters. The lowest BCUT2D eigenvalue weighted by Crippen LogP contribution is -2.47. The van der Waals surface area contributed by atoms with Crippen molar-refractivity contribution in [3.63, 3.8) is 0 Å². The first-order valence-corrected chi connectivity index (χ1v) is 6.65. The van der Waals surface area contributed by atoms with Crippen molar-refractivity contribution in [1.29, 1.82) is 0 Å². The van der Waals surface area contributed by atoms with Crippen molar-refractivity contribution in [3.8, 4) is 0 Å². The van der Waals surface area contributed by atoms with Crippen LogP contribution in [0, 0.1) is 5.92 Å². The molecule has 1 aliphatic heterocycles. The number of hydrogen-bond acceptors (Lipinski definition) is 3. The summed E-state index contributed by atoms with van der Waals surface area (Å²) in [6.07, 6.45) is 3.92. The number of rotatable bonds is 6. The SMILES string of the molecule is CC(C)CC(CN)N1CCCC1CN(C)C. The zero-order valence-electron chi connectivity index (χ0n) is 11.4. The molecule has 0 aliphatic carbocycles. The Hall–Kier alpha value is -0.120. The summed E-state index contributed by atoms with van der Waals surface area (Å²) in [7, 11) is 4.33. The molecular weight excluding hydrogens is 198 g/mol. The third-order valence-corrected chi connectivity index (χ3v) is 3.48. The number of nitrogens with zero attached hydrogens (tertiary/aromatic N) is 2. The van der Waals surface area contributed by atoms with Crippen molar-refractivity contribution in [1.82, 2.24) is 9.80 Å². The highest BCUT2D eigenvalue weighted by Crippen LogP contribution is 2.23. The molecule has 0 radical (unpaired) electrons. The van der Waals surface area contributed by atoms with E-state index in [1.165, 1.54) is 32.4 Å². The summed E-state index contributed by atoms with van der Waals surface area (Å²) in [6.45, 7) is 7.81. The molecular formula is C13H29N3. The van der Waals surface area contributed by atoms with Gasteiger partial charge in [0.15, 0.2) is 0 Å². The molecule has 16 heavy (non-hydrogen) atoms. The number of likely N-dealkylation sites (N-methyl/N-ethyl adjacent to an activating group) is 1. The minimum Gasteiger partial charge on any atom is -0.329 e. The molecule has 0 bridgehead atoms. The van der Waals surface area contributed by atoms with Crippen LogP contribution in [0.15, 0.2) is 0 Å². The predicted molar refractivity (Wildman–Crippen MR) is 70.6 cm³/mol. The van der Waals surface area contributed by atoms with Crippen LogP contribution >= 0.6 is 0 Å². The van der Waals surface area contributed by atoms with Gasteiger partial charge in [-0.1, -0.05) is 13.8 Å². The predicted octanol–water partition coefficient (Wildman–Crippen LogP) is 1.39. The fourth-order valence-corrected chi connectivity index (χ4v) is 2.87. The third-order valence-electron chi connectivity index (χ3n) is 3.48. The molecule has 3 nitrogen and oxygen atoms in total. The van der Waals surface area contributed by atoms with Crippen molar-refractivity contribution >= 4 is 0 Å². The molecule has 3 heteroatoms. The minimum atomic E-state index is 0.590. The van der Waals surface area contributed by atoms with Gasteiger partial charge in [-0.05, 0) is 45.8 Å².